The normalized spacial score (nSPS) is 25.9. The fourth-order valence-electron chi connectivity index (χ4n) is 3.90. The highest BCUT2D eigenvalue weighted by Crippen LogP contribution is 2.46. The van der Waals surface area contributed by atoms with Gasteiger partial charge in [0.1, 0.15) is 6.04 Å². The number of esters is 1. The number of hydrogen-bond donors (Lipinski definition) is 1. The number of methoxy groups -OCH3 is 1. The van der Waals surface area contributed by atoms with Gasteiger partial charge in [-0.1, -0.05) is 31.9 Å². The highest BCUT2D eigenvalue weighted by Gasteiger charge is 2.46. The molecule has 2 atom stereocenters. The van der Waals surface area contributed by atoms with Crippen molar-refractivity contribution in [1.29, 1.82) is 0 Å². The van der Waals surface area contributed by atoms with Gasteiger partial charge < -0.3 is 10.1 Å². The van der Waals surface area contributed by atoms with Gasteiger partial charge in [0.25, 0.3) is 5.56 Å². The summed E-state index contributed by atoms with van der Waals surface area (Å²) in [4.78, 5) is 29.6. The van der Waals surface area contributed by atoms with Gasteiger partial charge in [0.05, 0.1) is 12.8 Å². The van der Waals surface area contributed by atoms with Crippen LogP contribution in [0, 0.1) is 0 Å². The number of fused-ring (bicyclic) bond motifs is 1. The maximum atomic E-state index is 13.0. The van der Waals surface area contributed by atoms with E-state index < -0.39 is 12.0 Å². The summed E-state index contributed by atoms with van der Waals surface area (Å²) < 4.78 is 6.44. The lowest BCUT2D eigenvalue weighted by molar-refractivity contribution is -0.144. The minimum Gasteiger partial charge on any atom is -0.467 e. The van der Waals surface area contributed by atoms with Crippen molar-refractivity contribution in [3.63, 3.8) is 0 Å². The summed E-state index contributed by atoms with van der Waals surface area (Å²) in [6, 6.07) is -0.378. The van der Waals surface area contributed by atoms with Gasteiger partial charge in [0, 0.05) is 11.5 Å². The van der Waals surface area contributed by atoms with Crippen molar-refractivity contribution in [2.24, 2.45) is 0 Å². The lowest BCUT2D eigenvalue weighted by atomic mass is 9.80. The van der Waals surface area contributed by atoms with Crippen LogP contribution in [0.4, 0.5) is 5.82 Å². The van der Waals surface area contributed by atoms with E-state index in [2.05, 4.69) is 17.2 Å². The van der Waals surface area contributed by atoms with Crippen molar-refractivity contribution in [3.05, 3.63) is 21.2 Å². The zero-order valence-electron chi connectivity index (χ0n) is 14.4. The van der Waals surface area contributed by atoms with Gasteiger partial charge in [-0.3, -0.25) is 9.36 Å². The molecule has 1 aliphatic heterocycles. The van der Waals surface area contributed by atoms with E-state index in [0.717, 1.165) is 32.1 Å². The number of halogens is 1. The van der Waals surface area contributed by atoms with Crippen molar-refractivity contribution in [3.8, 4) is 0 Å². The third-order valence-corrected chi connectivity index (χ3v) is 5.58. The highest BCUT2D eigenvalue weighted by molar-refractivity contribution is 6.30. The molecule has 2 heterocycles. The Hall–Kier alpha value is -1.56. The summed E-state index contributed by atoms with van der Waals surface area (Å²) in [5.74, 6) is -0.168. The number of carbonyl (C=O) groups excluding carboxylic acids is 1. The second-order valence-corrected chi connectivity index (χ2v) is 7.46. The topological polar surface area (TPSA) is 73.2 Å². The average Bonchev–Trinajstić information content (AvgIpc) is 2.81. The van der Waals surface area contributed by atoms with Crippen molar-refractivity contribution in [1.82, 2.24) is 9.55 Å². The lowest BCUT2D eigenvalue weighted by Crippen LogP contribution is -2.36. The van der Waals surface area contributed by atoms with Crippen molar-refractivity contribution in [2.75, 3.05) is 12.4 Å². The van der Waals surface area contributed by atoms with Crippen LogP contribution >= 0.6 is 11.6 Å². The van der Waals surface area contributed by atoms with E-state index in [-0.39, 0.29) is 22.8 Å². The van der Waals surface area contributed by atoms with Crippen molar-refractivity contribution >= 4 is 23.4 Å². The fourth-order valence-corrected chi connectivity index (χ4v) is 4.31. The van der Waals surface area contributed by atoms with Crippen molar-refractivity contribution < 1.29 is 9.53 Å². The number of hydrogen-bond acceptors (Lipinski definition) is 5. The number of carbonyl (C=O) groups is 1. The second kappa shape index (κ2) is 6.39. The quantitative estimate of drug-likeness (QED) is 0.823. The van der Waals surface area contributed by atoms with Gasteiger partial charge in [0.15, 0.2) is 11.0 Å². The van der Waals surface area contributed by atoms with Crippen LogP contribution in [0.15, 0.2) is 4.79 Å². The molecule has 7 heteroatoms. The monoisotopic (exact) mass is 353 g/mol. The van der Waals surface area contributed by atoms with Crippen LogP contribution in [-0.2, 0) is 14.9 Å². The summed E-state index contributed by atoms with van der Waals surface area (Å²) in [5.41, 5.74) is 0.0216. The third kappa shape index (κ3) is 2.70. The Balaban J connectivity index is 2.12. The first-order valence-corrected chi connectivity index (χ1v) is 8.96. The first-order chi connectivity index (χ1) is 11.4. The molecule has 1 aromatic rings. The van der Waals surface area contributed by atoms with Gasteiger partial charge in [-0.25, -0.2) is 9.78 Å². The van der Waals surface area contributed by atoms with Gasteiger partial charge in [-0.2, -0.15) is 0 Å². The number of ether oxygens (including phenoxy) is 1. The molecular formula is C17H24ClN3O3. The molecule has 24 heavy (non-hydrogen) atoms. The summed E-state index contributed by atoms with van der Waals surface area (Å²) in [7, 11) is 1.35. The molecule has 3 rings (SSSR count). The molecular weight excluding hydrogens is 330 g/mol. The van der Waals surface area contributed by atoms with E-state index in [1.165, 1.54) is 11.7 Å². The standard InChI is InChI=1S/C17H24ClN3O3/c1-4-8-17(2)9-11(16(23)24-3)21-12(17)13(18)20-14(15(21)22)19-10-6-5-7-10/h10-11H,4-9H2,1-3H3,(H,19,20)/t11-,17+/m0/s1. The van der Waals surface area contributed by atoms with Gasteiger partial charge in [-0.15, -0.1) is 0 Å². The van der Waals surface area contributed by atoms with Crippen molar-refractivity contribution in [2.45, 2.75) is 69.9 Å². The Labute approximate surface area is 146 Å². The minimum atomic E-state index is -0.642. The Bertz CT molecular complexity index is 714. The van der Waals surface area contributed by atoms with Gasteiger partial charge >= 0.3 is 5.97 Å². The number of nitrogens with zero attached hydrogens (tertiary/aromatic N) is 2. The highest BCUT2D eigenvalue weighted by atomic mass is 35.5. The van der Waals surface area contributed by atoms with E-state index in [0.29, 0.717) is 17.3 Å². The van der Waals surface area contributed by atoms with Crippen LogP contribution in [0.5, 0.6) is 0 Å². The van der Waals surface area contributed by atoms with Crippen LogP contribution in [-0.4, -0.2) is 28.7 Å². The molecule has 1 saturated carbocycles. The smallest absolute Gasteiger partial charge is 0.329 e. The zero-order chi connectivity index (χ0) is 17.5. The van der Waals surface area contributed by atoms with Crippen LogP contribution in [0.2, 0.25) is 5.15 Å². The lowest BCUT2D eigenvalue weighted by Gasteiger charge is -2.28. The number of anilines is 1. The van der Waals surface area contributed by atoms with Gasteiger partial charge in [0.2, 0.25) is 0 Å². The molecule has 132 valence electrons. The molecule has 1 aromatic heterocycles. The maximum absolute atomic E-state index is 13.0. The third-order valence-electron chi connectivity index (χ3n) is 5.32. The van der Waals surface area contributed by atoms with Crippen LogP contribution in [0.25, 0.3) is 0 Å². The molecule has 0 amide bonds. The second-order valence-electron chi connectivity index (χ2n) is 7.10. The molecule has 0 bridgehead atoms. The fraction of sp³-hybridized carbons (Fsp3) is 0.706. The first-order valence-electron chi connectivity index (χ1n) is 8.58. The Morgan fingerprint density at radius 2 is 2.21 bits per heavy atom. The predicted octanol–water partition coefficient (Wildman–Crippen LogP) is 3.04. The first kappa shape index (κ1) is 17.3. The Morgan fingerprint density at radius 1 is 1.50 bits per heavy atom. The van der Waals surface area contributed by atoms with Crippen LogP contribution in [0.3, 0.4) is 0 Å². The minimum absolute atomic E-state index is 0.239. The summed E-state index contributed by atoms with van der Waals surface area (Å²) in [5, 5.41) is 3.48. The average molecular weight is 354 g/mol. The van der Waals surface area contributed by atoms with Crippen LogP contribution in [0.1, 0.15) is 64.1 Å². The van der Waals surface area contributed by atoms with Crippen LogP contribution < -0.4 is 10.9 Å². The summed E-state index contributed by atoms with van der Waals surface area (Å²) in [6.45, 7) is 4.12. The van der Waals surface area contributed by atoms with E-state index in [1.54, 1.807) is 0 Å². The molecule has 0 unspecified atom stereocenters. The van der Waals surface area contributed by atoms with E-state index in [9.17, 15) is 9.59 Å². The SMILES string of the molecule is CCC[C@]1(C)C[C@@H](C(=O)OC)n2c1c(Cl)nc(NC1CCC1)c2=O. The number of aromatic nitrogens is 2. The molecule has 0 saturated heterocycles. The molecule has 1 aliphatic carbocycles. The molecule has 0 spiro atoms. The van der Waals surface area contributed by atoms with Gasteiger partial charge in [-0.05, 0) is 32.1 Å². The predicted molar refractivity (Wildman–Crippen MR) is 92.7 cm³/mol. The van der Waals surface area contributed by atoms with E-state index in [4.69, 9.17) is 16.3 Å². The number of nitrogens with one attached hydrogen (secondary N) is 1. The number of rotatable bonds is 5. The molecule has 6 nitrogen and oxygen atoms in total. The molecule has 1 fully saturated rings. The Kier molecular flexibility index (Phi) is 4.60. The molecule has 0 radical (unpaired) electrons. The largest absolute Gasteiger partial charge is 0.467 e. The molecule has 0 aromatic carbocycles. The Morgan fingerprint density at radius 3 is 2.75 bits per heavy atom. The summed E-state index contributed by atoms with van der Waals surface area (Å²) >= 11 is 6.46. The molecule has 1 N–H and O–H groups in total. The maximum Gasteiger partial charge on any atom is 0.329 e. The molecule has 2 aliphatic rings. The van der Waals surface area contributed by atoms with E-state index in [1.807, 2.05) is 6.92 Å². The van der Waals surface area contributed by atoms with E-state index >= 15 is 0 Å². The summed E-state index contributed by atoms with van der Waals surface area (Å²) in [6.07, 6.45) is 5.46. The zero-order valence-corrected chi connectivity index (χ0v) is 15.2.